The number of aromatic nitrogens is 2. The number of nitrogens with one attached hydrogen (secondary N) is 2. The van der Waals surface area contributed by atoms with E-state index in [9.17, 15) is 4.79 Å². The Morgan fingerprint density at radius 1 is 1.44 bits per heavy atom. The summed E-state index contributed by atoms with van der Waals surface area (Å²) in [5, 5.41) is 6.41. The molecule has 0 unspecified atom stereocenters. The van der Waals surface area contributed by atoms with Crippen molar-refractivity contribution in [2.24, 2.45) is 0 Å². The molecule has 1 fully saturated rings. The number of methoxy groups -OCH3 is 1. The molecule has 0 spiro atoms. The van der Waals surface area contributed by atoms with Gasteiger partial charge in [-0.15, -0.1) is 0 Å². The van der Waals surface area contributed by atoms with Crippen molar-refractivity contribution < 1.29 is 9.53 Å². The Kier molecular flexibility index (Phi) is 4.33. The van der Waals surface area contributed by atoms with Gasteiger partial charge in [0, 0.05) is 18.7 Å². The number of anilines is 2. The van der Waals surface area contributed by atoms with Crippen LogP contribution in [0.1, 0.15) is 25.7 Å². The van der Waals surface area contributed by atoms with Crippen LogP contribution in [0.25, 0.3) is 0 Å². The summed E-state index contributed by atoms with van der Waals surface area (Å²) in [7, 11) is 1.38. The smallest absolute Gasteiger partial charge is 0.307 e. The third-order valence-electron chi connectivity index (χ3n) is 2.99. The van der Waals surface area contributed by atoms with Gasteiger partial charge in [0.15, 0.2) is 0 Å². The average molecular weight is 250 g/mol. The van der Waals surface area contributed by atoms with Crippen molar-refractivity contribution in [1.82, 2.24) is 9.97 Å². The first-order valence-corrected chi connectivity index (χ1v) is 6.17. The molecule has 18 heavy (non-hydrogen) atoms. The van der Waals surface area contributed by atoms with Crippen LogP contribution < -0.4 is 10.6 Å². The van der Waals surface area contributed by atoms with Gasteiger partial charge in [0.2, 0.25) is 0 Å². The van der Waals surface area contributed by atoms with E-state index >= 15 is 0 Å². The minimum absolute atomic E-state index is 0.232. The van der Waals surface area contributed by atoms with Crippen LogP contribution in [0.2, 0.25) is 0 Å². The highest BCUT2D eigenvalue weighted by Gasteiger charge is 2.17. The van der Waals surface area contributed by atoms with Crippen molar-refractivity contribution in [2.45, 2.75) is 31.7 Å². The maximum absolute atomic E-state index is 11.0. The Morgan fingerprint density at radius 3 is 2.89 bits per heavy atom. The molecule has 0 bridgehead atoms. The molecule has 1 aliphatic rings. The quantitative estimate of drug-likeness (QED) is 0.744. The van der Waals surface area contributed by atoms with Crippen molar-refractivity contribution >= 4 is 17.6 Å². The molecule has 1 aliphatic carbocycles. The Hall–Kier alpha value is -1.85. The van der Waals surface area contributed by atoms with Gasteiger partial charge in [-0.2, -0.15) is 0 Å². The summed E-state index contributed by atoms with van der Waals surface area (Å²) in [5.74, 6) is 1.32. The molecule has 0 amide bonds. The first-order chi connectivity index (χ1) is 8.78. The number of carbonyl (C=O) groups is 1. The lowest BCUT2D eigenvalue weighted by Gasteiger charge is -2.26. The third kappa shape index (κ3) is 3.58. The van der Waals surface area contributed by atoms with E-state index in [1.54, 1.807) is 0 Å². The van der Waals surface area contributed by atoms with E-state index < -0.39 is 0 Å². The molecule has 6 nitrogen and oxygen atoms in total. The van der Waals surface area contributed by atoms with Crippen molar-refractivity contribution in [3.05, 3.63) is 12.4 Å². The summed E-state index contributed by atoms with van der Waals surface area (Å²) in [6, 6.07) is 2.40. The molecular formula is C12H18N4O2. The van der Waals surface area contributed by atoms with Crippen molar-refractivity contribution in [3.8, 4) is 0 Å². The lowest BCUT2D eigenvalue weighted by atomic mass is 9.93. The van der Waals surface area contributed by atoms with E-state index in [-0.39, 0.29) is 5.97 Å². The number of carbonyl (C=O) groups excluding carboxylic acids is 1. The Morgan fingerprint density at radius 2 is 2.22 bits per heavy atom. The fourth-order valence-corrected chi connectivity index (χ4v) is 1.69. The lowest BCUT2D eigenvalue weighted by Crippen LogP contribution is -2.27. The normalized spacial score (nSPS) is 14.7. The van der Waals surface area contributed by atoms with Crippen LogP contribution in [0.5, 0.6) is 0 Å². The second-order valence-corrected chi connectivity index (χ2v) is 4.31. The summed E-state index contributed by atoms with van der Waals surface area (Å²) in [6.07, 6.45) is 5.53. The van der Waals surface area contributed by atoms with Crippen LogP contribution >= 0.6 is 0 Å². The minimum Gasteiger partial charge on any atom is -0.469 e. The van der Waals surface area contributed by atoms with Gasteiger partial charge in [-0.05, 0) is 19.3 Å². The topological polar surface area (TPSA) is 76.1 Å². The Labute approximate surface area is 106 Å². The Balaban J connectivity index is 1.80. The van der Waals surface area contributed by atoms with Gasteiger partial charge in [0.25, 0.3) is 0 Å². The second kappa shape index (κ2) is 6.18. The van der Waals surface area contributed by atoms with Gasteiger partial charge >= 0.3 is 5.97 Å². The van der Waals surface area contributed by atoms with Crippen molar-refractivity contribution in [2.75, 3.05) is 24.3 Å². The molecule has 0 atom stereocenters. The van der Waals surface area contributed by atoms with Gasteiger partial charge in [0.05, 0.1) is 13.5 Å². The van der Waals surface area contributed by atoms with E-state index in [1.165, 1.54) is 32.7 Å². The SMILES string of the molecule is COC(=O)CCNc1cc(NC2CCC2)ncn1. The van der Waals surface area contributed by atoms with Crippen LogP contribution in [-0.4, -0.2) is 35.6 Å². The van der Waals surface area contributed by atoms with Crippen LogP contribution in [-0.2, 0) is 9.53 Å². The summed E-state index contributed by atoms with van der Waals surface area (Å²) in [4.78, 5) is 19.2. The van der Waals surface area contributed by atoms with Gasteiger partial charge in [0.1, 0.15) is 18.0 Å². The summed E-state index contributed by atoms with van der Waals surface area (Å²) < 4.78 is 4.56. The molecule has 2 rings (SSSR count). The number of rotatable bonds is 6. The fourth-order valence-electron chi connectivity index (χ4n) is 1.69. The predicted octanol–water partition coefficient (Wildman–Crippen LogP) is 1.42. The molecule has 6 heteroatoms. The van der Waals surface area contributed by atoms with Crippen LogP contribution in [0, 0.1) is 0 Å². The monoisotopic (exact) mass is 250 g/mol. The van der Waals surface area contributed by atoms with Crippen LogP contribution in [0.15, 0.2) is 12.4 Å². The zero-order valence-corrected chi connectivity index (χ0v) is 10.5. The molecule has 2 N–H and O–H groups in total. The van der Waals surface area contributed by atoms with Gasteiger partial charge < -0.3 is 15.4 Å². The third-order valence-corrected chi connectivity index (χ3v) is 2.99. The molecule has 98 valence electrons. The van der Waals surface area contributed by atoms with Crippen LogP contribution in [0.4, 0.5) is 11.6 Å². The fraction of sp³-hybridized carbons (Fsp3) is 0.583. The standard InChI is InChI=1S/C12H18N4O2/c1-18-12(17)5-6-13-10-7-11(15-8-14-10)16-9-3-2-4-9/h7-9H,2-6H2,1H3,(H2,13,14,15,16). The summed E-state index contributed by atoms with van der Waals surface area (Å²) >= 11 is 0. The molecule has 1 heterocycles. The van der Waals surface area contributed by atoms with E-state index in [1.807, 2.05) is 6.07 Å². The first kappa shape index (κ1) is 12.6. The van der Waals surface area contributed by atoms with E-state index in [0.29, 0.717) is 19.0 Å². The number of nitrogens with zero attached hydrogens (tertiary/aromatic N) is 2. The minimum atomic E-state index is -0.232. The van der Waals surface area contributed by atoms with E-state index in [2.05, 4.69) is 25.3 Å². The van der Waals surface area contributed by atoms with E-state index in [4.69, 9.17) is 0 Å². The highest BCUT2D eigenvalue weighted by molar-refractivity contribution is 5.69. The van der Waals surface area contributed by atoms with Crippen molar-refractivity contribution in [1.29, 1.82) is 0 Å². The maximum Gasteiger partial charge on any atom is 0.307 e. The summed E-state index contributed by atoms with van der Waals surface area (Å²) in [5.41, 5.74) is 0. The average Bonchev–Trinajstić information content (AvgIpc) is 2.34. The molecule has 1 aromatic heterocycles. The largest absolute Gasteiger partial charge is 0.469 e. The lowest BCUT2D eigenvalue weighted by molar-refractivity contribution is -0.140. The van der Waals surface area contributed by atoms with E-state index in [0.717, 1.165) is 11.6 Å². The molecule has 0 aromatic carbocycles. The van der Waals surface area contributed by atoms with Gasteiger partial charge in [-0.1, -0.05) is 0 Å². The summed E-state index contributed by atoms with van der Waals surface area (Å²) in [6.45, 7) is 0.507. The molecule has 0 saturated heterocycles. The zero-order chi connectivity index (χ0) is 12.8. The number of hydrogen-bond acceptors (Lipinski definition) is 6. The predicted molar refractivity (Wildman–Crippen MR) is 68.4 cm³/mol. The molecule has 1 saturated carbocycles. The van der Waals surface area contributed by atoms with Gasteiger partial charge in [-0.25, -0.2) is 9.97 Å². The number of hydrogen-bond donors (Lipinski definition) is 2. The van der Waals surface area contributed by atoms with Crippen LogP contribution in [0.3, 0.4) is 0 Å². The number of esters is 1. The highest BCUT2D eigenvalue weighted by atomic mass is 16.5. The van der Waals surface area contributed by atoms with Gasteiger partial charge in [-0.3, -0.25) is 4.79 Å². The van der Waals surface area contributed by atoms with Crippen molar-refractivity contribution in [3.63, 3.8) is 0 Å². The molecule has 0 radical (unpaired) electrons. The molecular weight excluding hydrogens is 232 g/mol. The molecule has 0 aliphatic heterocycles. The maximum atomic E-state index is 11.0. The highest BCUT2D eigenvalue weighted by Crippen LogP contribution is 2.22. The zero-order valence-electron chi connectivity index (χ0n) is 10.5. The Bertz CT molecular complexity index is 407. The second-order valence-electron chi connectivity index (χ2n) is 4.31. The number of ether oxygens (including phenoxy) is 1. The molecule has 1 aromatic rings. The first-order valence-electron chi connectivity index (χ1n) is 6.17.